The fraction of sp³-hybridized carbons (Fsp3) is 0.688. The van der Waals surface area contributed by atoms with E-state index in [0.29, 0.717) is 12.1 Å². The molecule has 0 bridgehead atoms. The molecule has 0 aromatic carbocycles. The molecule has 0 saturated carbocycles. The van der Waals surface area contributed by atoms with Crippen molar-refractivity contribution >= 4 is 0 Å². The molecule has 3 unspecified atom stereocenters. The maximum absolute atomic E-state index is 5.80. The molecule has 3 heterocycles. The largest absolute Gasteiger partial charge is 0.490 e. The van der Waals surface area contributed by atoms with Gasteiger partial charge in [0.25, 0.3) is 0 Å². The Labute approximate surface area is 121 Å². The van der Waals surface area contributed by atoms with Crippen LogP contribution < -0.4 is 15.4 Å². The Balaban J connectivity index is 1.45. The van der Waals surface area contributed by atoms with E-state index >= 15 is 0 Å². The van der Waals surface area contributed by atoms with E-state index in [1.807, 2.05) is 12.4 Å². The number of nitrogens with one attached hydrogen (secondary N) is 2. The van der Waals surface area contributed by atoms with Crippen LogP contribution in [0, 0.1) is 0 Å². The lowest BCUT2D eigenvalue weighted by atomic mass is 9.89. The van der Waals surface area contributed by atoms with Gasteiger partial charge in [-0.2, -0.15) is 0 Å². The third kappa shape index (κ3) is 3.49. The van der Waals surface area contributed by atoms with Gasteiger partial charge in [0.15, 0.2) is 0 Å². The standard InChI is InChI=1S/C16H25N3O/c1-2-3-13-8-15(19-13)6-12-7-16(10-17-9-12)20-11-14-4-5-18-14/h7,9-10,13-15,18-19H,2-6,8,11H2,1H3. The third-order valence-corrected chi connectivity index (χ3v) is 4.31. The second-order valence-corrected chi connectivity index (χ2v) is 6.07. The van der Waals surface area contributed by atoms with E-state index in [9.17, 15) is 0 Å². The van der Waals surface area contributed by atoms with Crippen molar-refractivity contribution in [2.24, 2.45) is 0 Å². The lowest BCUT2D eigenvalue weighted by Crippen LogP contribution is -2.53. The molecule has 0 radical (unpaired) electrons. The Kier molecular flexibility index (Phi) is 4.53. The number of ether oxygens (including phenoxy) is 1. The number of pyridine rings is 1. The van der Waals surface area contributed by atoms with Crippen LogP contribution in [0.1, 0.15) is 38.2 Å². The summed E-state index contributed by atoms with van der Waals surface area (Å²) >= 11 is 0. The summed E-state index contributed by atoms with van der Waals surface area (Å²) < 4.78 is 5.80. The Bertz CT molecular complexity index is 427. The van der Waals surface area contributed by atoms with Crippen LogP contribution in [-0.4, -0.2) is 36.3 Å². The van der Waals surface area contributed by atoms with Crippen molar-refractivity contribution in [1.82, 2.24) is 15.6 Å². The minimum Gasteiger partial charge on any atom is -0.490 e. The number of nitrogens with zero attached hydrogens (tertiary/aromatic N) is 1. The van der Waals surface area contributed by atoms with Crippen molar-refractivity contribution in [3.63, 3.8) is 0 Å². The van der Waals surface area contributed by atoms with E-state index < -0.39 is 0 Å². The van der Waals surface area contributed by atoms with E-state index in [-0.39, 0.29) is 0 Å². The summed E-state index contributed by atoms with van der Waals surface area (Å²) in [6, 6.07) is 4.03. The van der Waals surface area contributed by atoms with Crippen molar-refractivity contribution in [3.8, 4) is 5.75 Å². The van der Waals surface area contributed by atoms with E-state index in [4.69, 9.17) is 4.74 Å². The first-order valence-corrected chi connectivity index (χ1v) is 7.89. The molecule has 4 nitrogen and oxygen atoms in total. The fourth-order valence-electron chi connectivity index (χ4n) is 2.97. The molecule has 20 heavy (non-hydrogen) atoms. The van der Waals surface area contributed by atoms with Gasteiger partial charge in [-0.05, 0) is 43.9 Å². The summed E-state index contributed by atoms with van der Waals surface area (Å²) in [4.78, 5) is 4.30. The molecule has 3 rings (SSSR count). The van der Waals surface area contributed by atoms with Gasteiger partial charge in [0.2, 0.25) is 0 Å². The van der Waals surface area contributed by atoms with Crippen LogP contribution in [0.15, 0.2) is 18.5 Å². The molecular formula is C16H25N3O. The van der Waals surface area contributed by atoms with Crippen LogP contribution in [-0.2, 0) is 6.42 Å². The molecule has 3 atom stereocenters. The zero-order chi connectivity index (χ0) is 13.8. The summed E-state index contributed by atoms with van der Waals surface area (Å²) in [6.07, 6.45) is 9.92. The number of aromatic nitrogens is 1. The number of rotatable bonds is 7. The maximum Gasteiger partial charge on any atom is 0.137 e. The normalized spacial score (nSPS) is 28.6. The van der Waals surface area contributed by atoms with Gasteiger partial charge in [0.1, 0.15) is 12.4 Å². The van der Waals surface area contributed by atoms with Crippen molar-refractivity contribution < 1.29 is 4.74 Å². The zero-order valence-electron chi connectivity index (χ0n) is 12.3. The van der Waals surface area contributed by atoms with Crippen molar-refractivity contribution in [2.75, 3.05) is 13.2 Å². The fourth-order valence-corrected chi connectivity index (χ4v) is 2.97. The van der Waals surface area contributed by atoms with Gasteiger partial charge in [-0.1, -0.05) is 13.3 Å². The minimum absolute atomic E-state index is 0.529. The molecule has 2 N–H and O–H groups in total. The van der Waals surface area contributed by atoms with Crippen LogP contribution in [0.2, 0.25) is 0 Å². The summed E-state index contributed by atoms with van der Waals surface area (Å²) in [6.45, 7) is 4.13. The first-order chi connectivity index (χ1) is 9.83. The van der Waals surface area contributed by atoms with E-state index in [1.165, 1.54) is 31.2 Å². The summed E-state index contributed by atoms with van der Waals surface area (Å²) in [5.74, 6) is 0.903. The molecule has 0 amide bonds. The first kappa shape index (κ1) is 13.8. The van der Waals surface area contributed by atoms with Crippen molar-refractivity contribution in [1.29, 1.82) is 0 Å². The maximum atomic E-state index is 5.80. The van der Waals surface area contributed by atoms with Crippen LogP contribution in [0.25, 0.3) is 0 Å². The summed E-state index contributed by atoms with van der Waals surface area (Å²) in [5, 5.41) is 6.98. The average Bonchev–Trinajstić information content (AvgIpc) is 2.35. The highest BCUT2D eigenvalue weighted by molar-refractivity contribution is 5.24. The minimum atomic E-state index is 0.529. The summed E-state index contributed by atoms with van der Waals surface area (Å²) in [7, 11) is 0. The van der Waals surface area contributed by atoms with E-state index in [2.05, 4.69) is 28.6 Å². The quantitative estimate of drug-likeness (QED) is 0.798. The zero-order valence-corrected chi connectivity index (χ0v) is 12.3. The SMILES string of the molecule is CCCC1CC(Cc2cncc(OCC3CCN3)c2)N1. The van der Waals surface area contributed by atoms with Gasteiger partial charge in [-0.3, -0.25) is 4.98 Å². The van der Waals surface area contributed by atoms with E-state index in [1.54, 1.807) is 0 Å². The molecule has 2 saturated heterocycles. The molecule has 1 aromatic rings. The molecule has 110 valence electrons. The molecular weight excluding hydrogens is 250 g/mol. The Morgan fingerprint density at radius 1 is 1.30 bits per heavy atom. The highest BCUT2D eigenvalue weighted by Gasteiger charge is 2.27. The smallest absolute Gasteiger partial charge is 0.137 e. The molecule has 1 aromatic heterocycles. The third-order valence-electron chi connectivity index (χ3n) is 4.31. The lowest BCUT2D eigenvalue weighted by Gasteiger charge is -2.37. The van der Waals surface area contributed by atoms with Crippen LogP contribution in [0.5, 0.6) is 5.75 Å². The monoisotopic (exact) mass is 275 g/mol. The average molecular weight is 275 g/mol. The molecule has 2 aliphatic rings. The van der Waals surface area contributed by atoms with Crippen molar-refractivity contribution in [3.05, 3.63) is 24.0 Å². The highest BCUT2D eigenvalue weighted by Crippen LogP contribution is 2.21. The Morgan fingerprint density at radius 2 is 2.15 bits per heavy atom. The van der Waals surface area contributed by atoms with Gasteiger partial charge in [-0.25, -0.2) is 0 Å². The Hall–Kier alpha value is -1.13. The van der Waals surface area contributed by atoms with Gasteiger partial charge in [0.05, 0.1) is 6.20 Å². The Morgan fingerprint density at radius 3 is 2.85 bits per heavy atom. The second kappa shape index (κ2) is 6.55. The molecule has 2 aliphatic heterocycles. The predicted molar refractivity (Wildman–Crippen MR) is 80.1 cm³/mol. The topological polar surface area (TPSA) is 46.2 Å². The number of hydrogen-bond acceptors (Lipinski definition) is 4. The van der Waals surface area contributed by atoms with E-state index in [0.717, 1.165) is 31.4 Å². The molecule has 2 fully saturated rings. The first-order valence-electron chi connectivity index (χ1n) is 7.89. The lowest BCUT2D eigenvalue weighted by molar-refractivity contribution is 0.216. The predicted octanol–water partition coefficient (Wildman–Crippen LogP) is 1.90. The summed E-state index contributed by atoms with van der Waals surface area (Å²) in [5.41, 5.74) is 1.27. The van der Waals surface area contributed by atoms with Crippen LogP contribution in [0.3, 0.4) is 0 Å². The van der Waals surface area contributed by atoms with Gasteiger partial charge in [0, 0.05) is 24.3 Å². The van der Waals surface area contributed by atoms with Crippen molar-refractivity contribution in [2.45, 2.75) is 57.2 Å². The molecule has 4 heteroatoms. The molecule has 0 aliphatic carbocycles. The van der Waals surface area contributed by atoms with Crippen LogP contribution >= 0.6 is 0 Å². The number of hydrogen-bond donors (Lipinski definition) is 2. The van der Waals surface area contributed by atoms with Gasteiger partial charge >= 0.3 is 0 Å². The van der Waals surface area contributed by atoms with Gasteiger partial charge in [-0.15, -0.1) is 0 Å². The second-order valence-electron chi connectivity index (χ2n) is 6.07. The van der Waals surface area contributed by atoms with Crippen LogP contribution in [0.4, 0.5) is 0 Å². The molecule has 0 spiro atoms. The highest BCUT2D eigenvalue weighted by atomic mass is 16.5. The van der Waals surface area contributed by atoms with Gasteiger partial charge < -0.3 is 15.4 Å².